The quantitative estimate of drug-likeness (QED) is 0.596. The van der Waals surface area contributed by atoms with Gasteiger partial charge in [0.1, 0.15) is 5.54 Å². The molecule has 31 heavy (non-hydrogen) atoms. The van der Waals surface area contributed by atoms with Gasteiger partial charge in [-0.1, -0.05) is 24.3 Å². The normalized spacial score (nSPS) is 14.8. The predicted octanol–water partition coefficient (Wildman–Crippen LogP) is 3.28. The molecular formula is C22H25F3N4O2. The van der Waals surface area contributed by atoms with E-state index in [1.54, 1.807) is 43.3 Å². The second-order valence-electron chi connectivity index (χ2n) is 7.92. The molecule has 0 atom stereocenters. The van der Waals surface area contributed by atoms with Gasteiger partial charge in [-0.15, -0.1) is 0 Å². The Hall–Kier alpha value is -3.07. The van der Waals surface area contributed by atoms with Crippen LogP contribution in [0.4, 0.5) is 24.5 Å². The average Bonchev–Trinajstić information content (AvgIpc) is 3.46. The summed E-state index contributed by atoms with van der Waals surface area (Å²) in [6.45, 7) is 0.463. The van der Waals surface area contributed by atoms with Gasteiger partial charge in [0.25, 0.3) is 0 Å². The van der Waals surface area contributed by atoms with Gasteiger partial charge in [-0.05, 0) is 56.8 Å². The van der Waals surface area contributed by atoms with E-state index in [4.69, 9.17) is 0 Å². The van der Waals surface area contributed by atoms with Crippen LogP contribution in [0.1, 0.15) is 24.0 Å². The minimum atomic E-state index is -4.45. The second kappa shape index (κ2) is 8.97. The lowest BCUT2D eigenvalue weighted by Gasteiger charge is -2.19. The van der Waals surface area contributed by atoms with Crippen LogP contribution in [0.3, 0.4) is 0 Å². The molecule has 0 bridgehead atoms. The summed E-state index contributed by atoms with van der Waals surface area (Å²) in [4.78, 5) is 26.2. The molecule has 2 amide bonds. The number of anilines is 2. The highest BCUT2D eigenvalue weighted by atomic mass is 19.4. The maximum absolute atomic E-state index is 13.1. The number of rotatable bonds is 8. The molecule has 0 aromatic heterocycles. The van der Waals surface area contributed by atoms with Crippen LogP contribution in [-0.4, -0.2) is 42.9 Å². The Morgan fingerprint density at radius 2 is 1.68 bits per heavy atom. The van der Waals surface area contributed by atoms with Crippen molar-refractivity contribution in [1.29, 1.82) is 0 Å². The van der Waals surface area contributed by atoms with Crippen molar-refractivity contribution in [2.24, 2.45) is 0 Å². The molecule has 3 rings (SSSR count). The molecule has 1 aliphatic carbocycles. The molecule has 0 radical (unpaired) electrons. The molecule has 0 heterocycles. The van der Waals surface area contributed by atoms with Crippen LogP contribution >= 0.6 is 0 Å². The zero-order valence-electron chi connectivity index (χ0n) is 17.3. The van der Waals surface area contributed by atoms with Crippen LogP contribution in [0.2, 0.25) is 0 Å². The molecule has 2 aromatic carbocycles. The fourth-order valence-corrected chi connectivity index (χ4v) is 3.18. The van der Waals surface area contributed by atoms with Gasteiger partial charge in [0.05, 0.1) is 17.8 Å². The van der Waals surface area contributed by atoms with Crippen molar-refractivity contribution in [1.82, 2.24) is 15.5 Å². The van der Waals surface area contributed by atoms with Crippen LogP contribution in [0, 0.1) is 0 Å². The summed E-state index contributed by atoms with van der Waals surface area (Å²) in [7, 11) is 3.55. The van der Waals surface area contributed by atoms with Crippen LogP contribution in [-0.2, 0) is 22.3 Å². The number of hydrogen-bond donors (Lipinski definition) is 3. The van der Waals surface area contributed by atoms with E-state index < -0.39 is 17.3 Å². The number of halogens is 3. The maximum atomic E-state index is 13.1. The number of nitrogens with one attached hydrogen (secondary N) is 3. The number of benzene rings is 2. The molecule has 0 saturated heterocycles. The van der Waals surface area contributed by atoms with Crippen LogP contribution < -0.4 is 16.0 Å². The number of amides is 2. The van der Waals surface area contributed by atoms with Gasteiger partial charge < -0.3 is 20.9 Å². The molecule has 9 heteroatoms. The number of para-hydroxylation sites is 1. The van der Waals surface area contributed by atoms with Gasteiger partial charge in [-0.25, -0.2) is 0 Å². The van der Waals surface area contributed by atoms with Gasteiger partial charge in [0.2, 0.25) is 11.8 Å². The molecule has 3 N–H and O–H groups in total. The maximum Gasteiger partial charge on any atom is 0.418 e. The summed E-state index contributed by atoms with van der Waals surface area (Å²) in [5.74, 6) is -0.437. The van der Waals surface area contributed by atoms with Crippen LogP contribution in [0.25, 0.3) is 0 Å². The van der Waals surface area contributed by atoms with Gasteiger partial charge >= 0.3 is 6.18 Å². The van der Waals surface area contributed by atoms with Crippen molar-refractivity contribution in [2.75, 3.05) is 26.0 Å². The predicted molar refractivity (Wildman–Crippen MR) is 112 cm³/mol. The highest BCUT2D eigenvalue weighted by Gasteiger charge is 2.50. The monoisotopic (exact) mass is 434 g/mol. The van der Waals surface area contributed by atoms with Crippen LogP contribution in [0.15, 0.2) is 48.5 Å². The average molecular weight is 434 g/mol. The fraction of sp³-hybridized carbons (Fsp3) is 0.364. The summed E-state index contributed by atoms with van der Waals surface area (Å²) >= 11 is 0. The summed E-state index contributed by atoms with van der Waals surface area (Å²) in [6, 6.07) is 12.0. The summed E-state index contributed by atoms with van der Waals surface area (Å²) < 4.78 is 39.4. The Bertz CT molecular complexity index is 939. The standard InChI is InChI=1S/C22H25F3N4O2/c1-29(2)14-19(30)28-21(11-12-21)20(31)26-13-15-7-9-16(10-8-15)27-18-6-4-3-5-17(18)22(23,24)25/h3-10,27H,11-14H2,1-2H3,(H,26,31)(H,28,30). The number of alkyl halides is 3. The lowest BCUT2D eigenvalue weighted by molar-refractivity contribution is -0.137. The molecule has 0 aliphatic heterocycles. The third kappa shape index (κ3) is 5.97. The molecule has 0 spiro atoms. The summed E-state index contributed by atoms with van der Waals surface area (Å²) in [6.07, 6.45) is -3.26. The van der Waals surface area contributed by atoms with E-state index >= 15 is 0 Å². The molecule has 166 valence electrons. The van der Waals surface area contributed by atoms with Crippen LogP contribution in [0.5, 0.6) is 0 Å². The highest BCUT2D eigenvalue weighted by molar-refractivity contribution is 5.94. The third-order valence-electron chi connectivity index (χ3n) is 4.94. The fourth-order valence-electron chi connectivity index (χ4n) is 3.18. The first kappa shape index (κ1) is 22.6. The second-order valence-corrected chi connectivity index (χ2v) is 7.92. The first-order chi connectivity index (χ1) is 14.6. The number of carbonyl (C=O) groups is 2. The molecule has 6 nitrogen and oxygen atoms in total. The van der Waals surface area contributed by atoms with E-state index in [1.807, 2.05) is 0 Å². The SMILES string of the molecule is CN(C)CC(=O)NC1(C(=O)NCc2ccc(Nc3ccccc3C(F)(F)F)cc2)CC1. The number of nitrogens with zero attached hydrogens (tertiary/aromatic N) is 1. The molecule has 2 aromatic rings. The molecular weight excluding hydrogens is 409 g/mol. The zero-order valence-corrected chi connectivity index (χ0v) is 17.3. The Balaban J connectivity index is 1.56. The number of hydrogen-bond acceptors (Lipinski definition) is 4. The van der Waals surface area contributed by atoms with Crippen molar-refractivity contribution < 1.29 is 22.8 Å². The van der Waals surface area contributed by atoms with E-state index in [1.165, 1.54) is 18.2 Å². The minimum absolute atomic E-state index is 0.0276. The smallest absolute Gasteiger partial charge is 0.355 e. The lowest BCUT2D eigenvalue weighted by atomic mass is 10.1. The Kier molecular flexibility index (Phi) is 6.54. The Morgan fingerprint density at radius 3 is 2.26 bits per heavy atom. The van der Waals surface area contributed by atoms with Crippen molar-refractivity contribution in [3.05, 3.63) is 59.7 Å². The van der Waals surface area contributed by atoms with E-state index in [0.717, 1.165) is 11.6 Å². The van der Waals surface area contributed by atoms with Crippen molar-refractivity contribution >= 4 is 23.2 Å². The first-order valence-corrected chi connectivity index (χ1v) is 9.85. The number of carbonyl (C=O) groups excluding carboxylic acids is 2. The first-order valence-electron chi connectivity index (χ1n) is 9.85. The molecule has 1 aliphatic rings. The van der Waals surface area contributed by atoms with E-state index in [2.05, 4.69) is 16.0 Å². The minimum Gasteiger partial charge on any atom is -0.355 e. The van der Waals surface area contributed by atoms with Crippen molar-refractivity contribution in [3.8, 4) is 0 Å². The molecule has 0 unspecified atom stereocenters. The van der Waals surface area contributed by atoms with Crippen molar-refractivity contribution in [2.45, 2.75) is 31.1 Å². The van der Waals surface area contributed by atoms with E-state index in [9.17, 15) is 22.8 Å². The molecule has 1 fully saturated rings. The number of likely N-dealkylation sites (N-methyl/N-ethyl adjacent to an activating group) is 1. The van der Waals surface area contributed by atoms with E-state index in [-0.39, 0.29) is 30.6 Å². The highest BCUT2D eigenvalue weighted by Crippen LogP contribution is 2.36. The Morgan fingerprint density at radius 1 is 1.03 bits per heavy atom. The molecule has 1 saturated carbocycles. The van der Waals surface area contributed by atoms with Crippen molar-refractivity contribution in [3.63, 3.8) is 0 Å². The largest absolute Gasteiger partial charge is 0.418 e. The van der Waals surface area contributed by atoms with Gasteiger partial charge in [0, 0.05) is 12.2 Å². The summed E-state index contributed by atoms with van der Waals surface area (Å²) in [5.41, 5.74) is -0.312. The third-order valence-corrected chi connectivity index (χ3v) is 4.94. The van der Waals surface area contributed by atoms with Gasteiger partial charge in [0.15, 0.2) is 0 Å². The lowest BCUT2D eigenvalue weighted by Crippen LogP contribution is -2.50. The Labute approximate surface area is 178 Å². The van der Waals surface area contributed by atoms with E-state index in [0.29, 0.717) is 18.5 Å². The summed E-state index contributed by atoms with van der Waals surface area (Å²) in [5, 5.41) is 8.40. The topological polar surface area (TPSA) is 73.5 Å². The van der Waals surface area contributed by atoms with Gasteiger partial charge in [-0.2, -0.15) is 13.2 Å². The zero-order chi connectivity index (χ0) is 22.6. The van der Waals surface area contributed by atoms with Gasteiger partial charge in [-0.3, -0.25) is 9.59 Å².